The summed E-state index contributed by atoms with van der Waals surface area (Å²) in [5.74, 6) is 2.28. The van der Waals surface area contributed by atoms with E-state index in [1.54, 1.807) is 0 Å². The Morgan fingerprint density at radius 1 is 0.321 bits per heavy atom. The first-order chi connectivity index (χ1) is 39.9. The fourth-order valence-electron chi connectivity index (χ4n) is 12.0. The summed E-state index contributed by atoms with van der Waals surface area (Å²) in [7, 11) is 0. The summed E-state index contributed by atoms with van der Waals surface area (Å²) in [5, 5.41) is 26.8. The summed E-state index contributed by atoms with van der Waals surface area (Å²) >= 11 is 0. The minimum absolute atomic E-state index is 0.506. The Morgan fingerprint density at radius 2 is 0.765 bits per heavy atom. The predicted molar refractivity (Wildman–Crippen MR) is 327 cm³/mol. The maximum atomic E-state index is 10.3. The molecule has 0 atom stereocenters. The average molecular weight is 1040 g/mol. The van der Waals surface area contributed by atoms with Crippen LogP contribution in [0.2, 0.25) is 0 Å². The van der Waals surface area contributed by atoms with E-state index in [-0.39, 0.29) is 0 Å². The standard InChI is InChI=1S/C72H45N9/c1-44-25-33-63-56(37-44)57-38-45(2)26-34-64(57)79(63)51-31-29-48(30-32-51)68-69(81-62-24-14-12-21-54(62)59-40-47(43-74)28-36-66(59)81)60(41-67(75-68)80-61-23-13-11-20-53(61)58-39-46(42-73)27-35-65(58)80)52-19-9-10-22-55(52)72-77-70(49-15-5-3-6-16-49)76-71(78-72)50-17-7-4-8-18-50/h3-41H,1-2H3. The van der Waals surface area contributed by atoms with Crippen LogP contribution in [-0.4, -0.2) is 33.6 Å². The summed E-state index contributed by atoms with van der Waals surface area (Å²) in [6.07, 6.45) is 0. The van der Waals surface area contributed by atoms with Crippen molar-refractivity contribution < 1.29 is 0 Å². The Balaban J connectivity index is 1.08. The van der Waals surface area contributed by atoms with Crippen LogP contribution < -0.4 is 0 Å². The molecule has 0 amide bonds. The third kappa shape index (κ3) is 7.67. The highest BCUT2D eigenvalue weighted by Gasteiger charge is 2.27. The average Bonchev–Trinajstić information content (AvgIpc) is 4.39. The topological polar surface area (TPSA) is 114 Å². The van der Waals surface area contributed by atoms with Gasteiger partial charge in [0.05, 0.1) is 67.7 Å². The highest BCUT2D eigenvalue weighted by molar-refractivity contribution is 6.13. The molecule has 0 aliphatic rings. The van der Waals surface area contributed by atoms with Crippen LogP contribution in [0, 0.1) is 36.5 Å². The monoisotopic (exact) mass is 1040 g/mol. The maximum absolute atomic E-state index is 10.3. The van der Waals surface area contributed by atoms with Crippen molar-refractivity contribution in [2.75, 3.05) is 0 Å². The van der Waals surface area contributed by atoms with Gasteiger partial charge in [-0.05, 0) is 110 Å². The van der Waals surface area contributed by atoms with Crippen molar-refractivity contribution in [3.05, 3.63) is 259 Å². The fourth-order valence-corrected chi connectivity index (χ4v) is 12.0. The number of fused-ring (bicyclic) bond motifs is 9. The van der Waals surface area contributed by atoms with Crippen LogP contribution in [0.4, 0.5) is 0 Å². The van der Waals surface area contributed by atoms with Crippen LogP contribution in [0.15, 0.2) is 237 Å². The van der Waals surface area contributed by atoms with Crippen molar-refractivity contribution >= 4 is 65.4 Å². The molecule has 0 saturated heterocycles. The Bertz CT molecular complexity index is 5030. The number of hydrogen-bond donors (Lipinski definition) is 0. The SMILES string of the molecule is Cc1ccc2c(c1)c1cc(C)ccc1n2-c1ccc(-c2nc(-n3c4ccccc4c4cc(C#N)ccc43)cc(-c3ccccc3-c3nc(-c4ccccc4)nc(-c4ccccc4)n3)c2-n2c3ccccc3c3cc(C#N)ccc32)cc1. The zero-order chi connectivity index (χ0) is 54.3. The lowest BCUT2D eigenvalue weighted by atomic mass is 9.95. The lowest BCUT2D eigenvalue weighted by Gasteiger charge is -2.22. The molecule has 5 aromatic heterocycles. The molecule has 0 radical (unpaired) electrons. The van der Waals surface area contributed by atoms with E-state index in [2.05, 4.69) is 167 Å². The van der Waals surface area contributed by atoms with E-state index in [9.17, 15) is 10.5 Å². The van der Waals surface area contributed by atoms with Crippen molar-refractivity contribution in [3.8, 4) is 85.9 Å². The Labute approximate surface area is 465 Å². The highest BCUT2D eigenvalue weighted by Crippen LogP contribution is 2.46. The van der Waals surface area contributed by atoms with Crippen LogP contribution in [0.1, 0.15) is 22.3 Å². The van der Waals surface area contributed by atoms with E-state index in [4.69, 9.17) is 19.9 Å². The van der Waals surface area contributed by atoms with Gasteiger partial charge < -0.3 is 9.13 Å². The minimum Gasteiger partial charge on any atom is -0.309 e. The molecule has 81 heavy (non-hydrogen) atoms. The molecular weight excluding hydrogens is 991 g/mol. The zero-order valence-corrected chi connectivity index (χ0v) is 44.0. The second kappa shape index (κ2) is 18.7. The van der Waals surface area contributed by atoms with Crippen molar-refractivity contribution in [2.24, 2.45) is 0 Å². The molecule has 15 aromatic rings. The van der Waals surface area contributed by atoms with Gasteiger partial charge in [-0.2, -0.15) is 10.5 Å². The van der Waals surface area contributed by atoms with E-state index in [0.29, 0.717) is 34.4 Å². The molecule has 0 aliphatic carbocycles. The van der Waals surface area contributed by atoms with E-state index < -0.39 is 0 Å². The molecule has 15 rings (SSSR count). The largest absolute Gasteiger partial charge is 0.309 e. The summed E-state index contributed by atoms with van der Waals surface area (Å²) in [4.78, 5) is 21.7. The first-order valence-electron chi connectivity index (χ1n) is 26.9. The number of benzene rings is 10. The van der Waals surface area contributed by atoms with Crippen molar-refractivity contribution in [1.82, 2.24) is 33.6 Å². The Kier molecular flexibility index (Phi) is 10.9. The van der Waals surface area contributed by atoms with Gasteiger partial charge in [0.2, 0.25) is 0 Å². The zero-order valence-electron chi connectivity index (χ0n) is 44.0. The molecule has 5 heterocycles. The van der Waals surface area contributed by atoms with Gasteiger partial charge in [-0.3, -0.25) is 4.57 Å². The molecule has 0 saturated carbocycles. The van der Waals surface area contributed by atoms with Crippen molar-refractivity contribution in [2.45, 2.75) is 13.8 Å². The molecule has 0 N–H and O–H groups in total. The number of rotatable bonds is 8. The number of aromatic nitrogens is 7. The van der Waals surface area contributed by atoms with Gasteiger partial charge in [0.1, 0.15) is 5.82 Å². The van der Waals surface area contributed by atoms with Crippen molar-refractivity contribution in [3.63, 3.8) is 0 Å². The number of aryl methyl sites for hydroxylation is 2. The van der Waals surface area contributed by atoms with Crippen molar-refractivity contribution in [1.29, 1.82) is 10.5 Å². The molecule has 0 unspecified atom stereocenters. The second-order valence-corrected chi connectivity index (χ2v) is 20.6. The highest BCUT2D eigenvalue weighted by atomic mass is 15.1. The van der Waals surface area contributed by atoms with Crippen LogP contribution in [0.5, 0.6) is 0 Å². The van der Waals surface area contributed by atoms with E-state index >= 15 is 0 Å². The number of nitrogens with zero attached hydrogens (tertiary/aromatic N) is 9. The fraction of sp³-hybridized carbons (Fsp3) is 0.0278. The van der Waals surface area contributed by atoms with Gasteiger partial charge in [0.15, 0.2) is 17.5 Å². The second-order valence-electron chi connectivity index (χ2n) is 20.6. The van der Waals surface area contributed by atoms with Crippen LogP contribution >= 0.6 is 0 Å². The van der Waals surface area contributed by atoms with Crippen LogP contribution in [0.25, 0.3) is 139 Å². The Hall–Kier alpha value is -11.3. The number of hydrogen-bond acceptors (Lipinski definition) is 6. The first kappa shape index (κ1) is 47.0. The number of nitriles is 2. The molecule has 9 nitrogen and oxygen atoms in total. The molecule has 0 spiro atoms. The lowest BCUT2D eigenvalue weighted by molar-refractivity contribution is 1.06. The summed E-state index contributed by atoms with van der Waals surface area (Å²) in [5.41, 5.74) is 17.2. The predicted octanol–water partition coefficient (Wildman–Crippen LogP) is 17.3. The normalized spacial score (nSPS) is 11.6. The quantitative estimate of drug-likeness (QED) is 0.150. The summed E-state index contributed by atoms with van der Waals surface area (Å²) in [6.45, 7) is 4.30. The molecule has 9 heteroatoms. The third-order valence-corrected chi connectivity index (χ3v) is 15.7. The van der Waals surface area contributed by atoms with Gasteiger partial charge in [-0.15, -0.1) is 0 Å². The van der Waals surface area contributed by atoms with E-state index in [1.165, 1.54) is 21.9 Å². The molecule has 0 bridgehead atoms. The molecule has 378 valence electrons. The summed E-state index contributed by atoms with van der Waals surface area (Å²) < 4.78 is 6.89. The first-order valence-corrected chi connectivity index (χ1v) is 26.9. The van der Waals surface area contributed by atoms with Crippen LogP contribution in [-0.2, 0) is 0 Å². The van der Waals surface area contributed by atoms with Gasteiger partial charge in [0, 0.05) is 65.8 Å². The lowest BCUT2D eigenvalue weighted by Crippen LogP contribution is -2.08. The molecule has 0 fully saturated rings. The number of pyridine rings is 1. The smallest absolute Gasteiger partial charge is 0.164 e. The maximum Gasteiger partial charge on any atom is 0.164 e. The van der Waals surface area contributed by atoms with Gasteiger partial charge in [-0.1, -0.05) is 157 Å². The van der Waals surface area contributed by atoms with E-state index in [0.717, 1.165) is 105 Å². The molecular formula is C72H45N9. The van der Waals surface area contributed by atoms with Gasteiger partial charge in [0.25, 0.3) is 0 Å². The van der Waals surface area contributed by atoms with Crippen LogP contribution in [0.3, 0.4) is 0 Å². The van der Waals surface area contributed by atoms with Gasteiger partial charge >= 0.3 is 0 Å². The molecule has 10 aromatic carbocycles. The third-order valence-electron chi connectivity index (χ3n) is 15.7. The van der Waals surface area contributed by atoms with Gasteiger partial charge in [-0.25, -0.2) is 19.9 Å². The minimum atomic E-state index is 0.506. The van der Waals surface area contributed by atoms with E-state index in [1.807, 2.05) is 109 Å². The summed E-state index contributed by atoms with van der Waals surface area (Å²) in [6, 6.07) is 86.1. The number of para-hydroxylation sites is 2. The molecule has 0 aliphatic heterocycles. The Morgan fingerprint density at radius 3 is 1.33 bits per heavy atom.